The Bertz CT molecular complexity index is 690. The largest absolute Gasteiger partial charge is 0.242 e. The van der Waals surface area contributed by atoms with Crippen LogP contribution in [0, 0.1) is 0 Å². The lowest BCUT2D eigenvalue weighted by Gasteiger charge is -2.08. The fraction of sp³-hybridized carbons (Fsp3) is 0.143. The van der Waals surface area contributed by atoms with Crippen LogP contribution >= 0.6 is 27.5 Å². The highest BCUT2D eigenvalue weighted by atomic mass is 79.9. The maximum Gasteiger partial charge on any atom is 0.242 e. The standard InChI is InChI=1S/C14H13BrClNO2S/c15-12-6-7-14(13(16)10-12)20(18,19)17-9-8-11-4-2-1-3-5-11/h1-7,10,17H,8-9H2. The first kappa shape index (κ1) is 15.5. The van der Waals surface area contributed by atoms with E-state index in [1.807, 2.05) is 30.3 Å². The van der Waals surface area contributed by atoms with Crippen molar-refractivity contribution in [2.75, 3.05) is 6.54 Å². The second-order valence-electron chi connectivity index (χ2n) is 4.21. The van der Waals surface area contributed by atoms with Crippen LogP contribution in [-0.2, 0) is 16.4 Å². The normalized spacial score (nSPS) is 11.5. The molecule has 2 aromatic rings. The third-order valence-electron chi connectivity index (χ3n) is 2.73. The molecule has 6 heteroatoms. The molecule has 0 heterocycles. The summed E-state index contributed by atoms with van der Waals surface area (Å²) in [6, 6.07) is 14.4. The van der Waals surface area contributed by atoms with Crippen LogP contribution in [0.4, 0.5) is 0 Å². The van der Waals surface area contributed by atoms with Crippen LogP contribution in [0.15, 0.2) is 57.9 Å². The zero-order valence-corrected chi connectivity index (χ0v) is 13.7. The van der Waals surface area contributed by atoms with Gasteiger partial charge in [-0.1, -0.05) is 57.9 Å². The predicted octanol–water partition coefficient (Wildman–Crippen LogP) is 3.62. The highest BCUT2D eigenvalue weighted by molar-refractivity contribution is 9.10. The van der Waals surface area contributed by atoms with E-state index in [-0.39, 0.29) is 9.92 Å². The van der Waals surface area contributed by atoms with Crippen LogP contribution < -0.4 is 4.72 Å². The zero-order valence-electron chi connectivity index (χ0n) is 10.5. The summed E-state index contributed by atoms with van der Waals surface area (Å²) in [4.78, 5) is 0.0930. The number of sulfonamides is 1. The lowest BCUT2D eigenvalue weighted by Crippen LogP contribution is -2.26. The van der Waals surface area contributed by atoms with Crippen LogP contribution in [-0.4, -0.2) is 15.0 Å². The fourth-order valence-electron chi connectivity index (χ4n) is 1.75. The Labute approximate surface area is 132 Å². The van der Waals surface area contributed by atoms with Gasteiger partial charge >= 0.3 is 0 Å². The molecule has 0 radical (unpaired) electrons. The van der Waals surface area contributed by atoms with Crippen molar-refractivity contribution in [2.24, 2.45) is 0 Å². The van der Waals surface area contributed by atoms with E-state index in [4.69, 9.17) is 11.6 Å². The van der Waals surface area contributed by atoms with Gasteiger partial charge in [-0.3, -0.25) is 0 Å². The van der Waals surface area contributed by atoms with Crippen LogP contribution in [0.2, 0.25) is 5.02 Å². The van der Waals surface area contributed by atoms with E-state index in [1.165, 1.54) is 6.07 Å². The highest BCUT2D eigenvalue weighted by Gasteiger charge is 2.17. The Kier molecular flexibility index (Phi) is 5.21. The van der Waals surface area contributed by atoms with Gasteiger partial charge in [-0.15, -0.1) is 0 Å². The van der Waals surface area contributed by atoms with E-state index < -0.39 is 10.0 Å². The number of hydrogen-bond acceptors (Lipinski definition) is 2. The van der Waals surface area contributed by atoms with Crippen LogP contribution in [0.5, 0.6) is 0 Å². The molecule has 106 valence electrons. The number of halogens is 2. The molecular weight excluding hydrogens is 362 g/mol. The molecule has 0 aromatic heterocycles. The predicted molar refractivity (Wildman–Crippen MR) is 84.5 cm³/mol. The van der Waals surface area contributed by atoms with Crippen molar-refractivity contribution < 1.29 is 8.42 Å². The minimum Gasteiger partial charge on any atom is -0.211 e. The third kappa shape index (κ3) is 4.06. The molecule has 0 aliphatic heterocycles. The topological polar surface area (TPSA) is 46.2 Å². The van der Waals surface area contributed by atoms with Crippen molar-refractivity contribution in [1.29, 1.82) is 0 Å². The summed E-state index contributed by atoms with van der Waals surface area (Å²) in [7, 11) is -3.58. The van der Waals surface area contributed by atoms with Crippen LogP contribution in [0.1, 0.15) is 5.56 Å². The first-order valence-corrected chi connectivity index (χ1v) is 8.63. The quantitative estimate of drug-likeness (QED) is 0.869. The molecule has 0 aliphatic carbocycles. The molecule has 0 saturated carbocycles. The van der Waals surface area contributed by atoms with Crippen LogP contribution in [0.3, 0.4) is 0 Å². The van der Waals surface area contributed by atoms with Gasteiger partial charge in [-0.05, 0) is 30.2 Å². The summed E-state index contributed by atoms with van der Waals surface area (Å²) in [5, 5.41) is 0.201. The van der Waals surface area contributed by atoms with Gasteiger partial charge in [0.25, 0.3) is 0 Å². The van der Waals surface area contributed by atoms with Gasteiger partial charge in [0, 0.05) is 11.0 Å². The molecule has 0 fully saturated rings. The fourth-order valence-corrected chi connectivity index (χ4v) is 3.81. The van der Waals surface area contributed by atoms with E-state index in [0.717, 1.165) is 10.0 Å². The van der Waals surface area contributed by atoms with Gasteiger partial charge < -0.3 is 0 Å². The lowest BCUT2D eigenvalue weighted by atomic mass is 10.2. The summed E-state index contributed by atoms with van der Waals surface area (Å²) < 4.78 is 27.6. The monoisotopic (exact) mass is 373 g/mol. The number of nitrogens with one attached hydrogen (secondary N) is 1. The van der Waals surface area contributed by atoms with E-state index >= 15 is 0 Å². The maximum atomic E-state index is 12.1. The smallest absolute Gasteiger partial charge is 0.211 e. The molecule has 0 saturated heterocycles. The van der Waals surface area contributed by atoms with Crippen molar-refractivity contribution in [1.82, 2.24) is 4.72 Å². The van der Waals surface area contributed by atoms with Gasteiger partial charge in [-0.2, -0.15) is 0 Å². The summed E-state index contributed by atoms with van der Waals surface area (Å²) in [6.45, 7) is 0.332. The molecule has 0 spiro atoms. The molecule has 2 aromatic carbocycles. The molecule has 20 heavy (non-hydrogen) atoms. The maximum absolute atomic E-state index is 12.1. The van der Waals surface area contributed by atoms with Gasteiger partial charge in [0.2, 0.25) is 10.0 Å². The Morgan fingerprint density at radius 3 is 2.45 bits per heavy atom. The average Bonchev–Trinajstić information content (AvgIpc) is 2.39. The molecule has 0 amide bonds. The lowest BCUT2D eigenvalue weighted by molar-refractivity contribution is 0.581. The van der Waals surface area contributed by atoms with Gasteiger partial charge in [0.1, 0.15) is 4.90 Å². The summed E-state index contributed by atoms with van der Waals surface area (Å²) in [6.07, 6.45) is 0.633. The van der Waals surface area contributed by atoms with E-state index in [2.05, 4.69) is 20.7 Å². The Morgan fingerprint density at radius 2 is 1.80 bits per heavy atom. The van der Waals surface area contributed by atoms with Crippen molar-refractivity contribution >= 4 is 37.6 Å². The van der Waals surface area contributed by atoms with E-state index in [9.17, 15) is 8.42 Å². The highest BCUT2D eigenvalue weighted by Crippen LogP contribution is 2.24. The van der Waals surface area contributed by atoms with E-state index in [1.54, 1.807) is 12.1 Å². The van der Waals surface area contributed by atoms with Crippen molar-refractivity contribution in [2.45, 2.75) is 11.3 Å². The van der Waals surface area contributed by atoms with Crippen LogP contribution in [0.25, 0.3) is 0 Å². The summed E-state index contributed by atoms with van der Waals surface area (Å²) >= 11 is 9.21. The molecule has 2 rings (SSSR count). The van der Waals surface area contributed by atoms with Crippen molar-refractivity contribution in [3.63, 3.8) is 0 Å². The molecule has 3 nitrogen and oxygen atoms in total. The Morgan fingerprint density at radius 1 is 1.10 bits per heavy atom. The van der Waals surface area contributed by atoms with Gasteiger partial charge in [0.05, 0.1) is 5.02 Å². The van der Waals surface area contributed by atoms with Crippen molar-refractivity contribution in [3.05, 3.63) is 63.6 Å². The molecule has 0 unspecified atom stereocenters. The molecular formula is C14H13BrClNO2S. The van der Waals surface area contributed by atoms with Gasteiger partial charge in [0.15, 0.2) is 0 Å². The Balaban J connectivity index is 2.04. The number of rotatable bonds is 5. The average molecular weight is 375 g/mol. The Hall–Kier alpha value is -0.880. The second kappa shape index (κ2) is 6.72. The zero-order chi connectivity index (χ0) is 14.6. The second-order valence-corrected chi connectivity index (χ2v) is 7.27. The first-order chi connectivity index (χ1) is 9.49. The van der Waals surface area contributed by atoms with E-state index in [0.29, 0.717) is 13.0 Å². The summed E-state index contributed by atoms with van der Waals surface area (Å²) in [5.41, 5.74) is 1.08. The summed E-state index contributed by atoms with van der Waals surface area (Å²) in [5.74, 6) is 0. The third-order valence-corrected chi connectivity index (χ3v) is 5.17. The van der Waals surface area contributed by atoms with Gasteiger partial charge in [-0.25, -0.2) is 13.1 Å². The molecule has 1 N–H and O–H groups in total. The molecule has 0 aliphatic rings. The number of benzene rings is 2. The first-order valence-electron chi connectivity index (χ1n) is 5.98. The SMILES string of the molecule is O=S(=O)(NCCc1ccccc1)c1ccc(Br)cc1Cl. The molecule has 0 atom stereocenters. The number of hydrogen-bond donors (Lipinski definition) is 1. The van der Waals surface area contributed by atoms with Crippen molar-refractivity contribution in [3.8, 4) is 0 Å². The minimum atomic E-state index is -3.58. The molecule has 0 bridgehead atoms. The minimum absolute atomic E-state index is 0.0930.